The highest BCUT2D eigenvalue weighted by atomic mass is 32.2. The van der Waals surface area contributed by atoms with E-state index in [0.717, 1.165) is 30.8 Å². The summed E-state index contributed by atoms with van der Waals surface area (Å²) in [6, 6.07) is 0. The van der Waals surface area contributed by atoms with Gasteiger partial charge in [-0.1, -0.05) is 6.92 Å². The molecule has 1 unspecified atom stereocenters. The van der Waals surface area contributed by atoms with Crippen LogP contribution < -0.4 is 0 Å². The number of aliphatic hydroxyl groups excluding tert-OH is 1. The summed E-state index contributed by atoms with van der Waals surface area (Å²) in [5, 5.41) is 9.67. The number of ether oxygens (including phenoxy) is 1. The summed E-state index contributed by atoms with van der Waals surface area (Å²) < 4.78 is 5.30. The third-order valence-corrected chi connectivity index (χ3v) is 3.36. The molecule has 0 heterocycles. The number of methoxy groups -OCH3 is 1. The van der Waals surface area contributed by atoms with Gasteiger partial charge in [0.2, 0.25) is 0 Å². The lowest BCUT2D eigenvalue weighted by molar-refractivity contribution is 0.00282. The van der Waals surface area contributed by atoms with Gasteiger partial charge >= 0.3 is 0 Å². The minimum absolute atomic E-state index is 0.0983. The van der Waals surface area contributed by atoms with Crippen molar-refractivity contribution < 1.29 is 9.84 Å². The first-order chi connectivity index (χ1) is 6.52. The molecule has 0 aromatic heterocycles. The smallest absolute Gasteiger partial charge is 0.0623 e. The van der Waals surface area contributed by atoms with E-state index in [4.69, 9.17) is 4.74 Å². The molecule has 86 valence electrons. The molecule has 0 aromatic carbocycles. The van der Waals surface area contributed by atoms with E-state index >= 15 is 0 Å². The second-order valence-corrected chi connectivity index (χ2v) is 5.54. The fourth-order valence-corrected chi connectivity index (χ4v) is 1.85. The van der Waals surface area contributed by atoms with Crippen molar-refractivity contribution in [2.24, 2.45) is 0 Å². The Morgan fingerprint density at radius 3 is 2.50 bits per heavy atom. The lowest BCUT2D eigenvalue weighted by Crippen LogP contribution is -2.24. The van der Waals surface area contributed by atoms with Crippen LogP contribution in [0.15, 0.2) is 0 Å². The average Bonchev–Trinajstić information content (AvgIpc) is 2.16. The Hall–Kier alpha value is 0.270. The standard InChI is InChI=1S/C11H24O2S/c1-5-14-9-7-10(12)6-8-11(2,3)13-4/h10,12H,5-9H2,1-4H3. The Morgan fingerprint density at radius 1 is 1.36 bits per heavy atom. The maximum Gasteiger partial charge on any atom is 0.0623 e. The highest BCUT2D eigenvalue weighted by Gasteiger charge is 2.17. The Labute approximate surface area is 92.4 Å². The van der Waals surface area contributed by atoms with Gasteiger partial charge in [0.1, 0.15) is 0 Å². The van der Waals surface area contributed by atoms with Crippen LogP contribution in [-0.4, -0.2) is 35.4 Å². The van der Waals surface area contributed by atoms with E-state index in [-0.39, 0.29) is 11.7 Å². The third kappa shape index (κ3) is 7.65. The van der Waals surface area contributed by atoms with Gasteiger partial charge in [0.05, 0.1) is 11.7 Å². The van der Waals surface area contributed by atoms with Crippen LogP contribution in [0.2, 0.25) is 0 Å². The fourth-order valence-electron chi connectivity index (χ4n) is 1.12. The highest BCUT2D eigenvalue weighted by molar-refractivity contribution is 7.99. The van der Waals surface area contributed by atoms with Gasteiger partial charge in [0, 0.05) is 7.11 Å². The summed E-state index contributed by atoms with van der Waals surface area (Å²) in [7, 11) is 1.72. The predicted molar refractivity (Wildman–Crippen MR) is 63.9 cm³/mol. The van der Waals surface area contributed by atoms with Crippen LogP contribution in [0.25, 0.3) is 0 Å². The fraction of sp³-hybridized carbons (Fsp3) is 1.00. The molecule has 0 aliphatic heterocycles. The van der Waals surface area contributed by atoms with Crippen LogP contribution in [0, 0.1) is 0 Å². The third-order valence-electron chi connectivity index (χ3n) is 2.43. The van der Waals surface area contributed by atoms with Crippen molar-refractivity contribution >= 4 is 11.8 Å². The first-order valence-electron chi connectivity index (χ1n) is 5.33. The molecular formula is C11H24O2S. The molecule has 0 amide bonds. The van der Waals surface area contributed by atoms with Gasteiger partial charge in [-0.15, -0.1) is 0 Å². The normalized spacial score (nSPS) is 14.4. The van der Waals surface area contributed by atoms with Gasteiger partial charge in [0.15, 0.2) is 0 Å². The molecule has 14 heavy (non-hydrogen) atoms. The number of thioether (sulfide) groups is 1. The minimum atomic E-state index is -0.163. The van der Waals surface area contributed by atoms with Gasteiger partial charge in [0.25, 0.3) is 0 Å². The largest absolute Gasteiger partial charge is 0.393 e. The van der Waals surface area contributed by atoms with Gasteiger partial charge in [-0.2, -0.15) is 11.8 Å². The van der Waals surface area contributed by atoms with Crippen LogP contribution in [0.3, 0.4) is 0 Å². The lowest BCUT2D eigenvalue weighted by Gasteiger charge is -2.24. The van der Waals surface area contributed by atoms with Crippen LogP contribution in [0.5, 0.6) is 0 Å². The molecule has 2 nitrogen and oxygen atoms in total. The topological polar surface area (TPSA) is 29.5 Å². The Balaban J connectivity index is 3.48. The summed E-state index contributed by atoms with van der Waals surface area (Å²) in [5.41, 5.74) is -0.0983. The Morgan fingerprint density at radius 2 is 2.00 bits per heavy atom. The highest BCUT2D eigenvalue weighted by Crippen LogP contribution is 2.18. The van der Waals surface area contributed by atoms with Gasteiger partial charge in [-0.3, -0.25) is 0 Å². The number of aliphatic hydroxyl groups is 1. The molecule has 0 saturated heterocycles. The Kier molecular flexibility index (Phi) is 7.69. The zero-order chi connectivity index (χ0) is 11.0. The molecule has 0 aromatic rings. The van der Waals surface area contributed by atoms with E-state index in [1.807, 2.05) is 11.8 Å². The molecule has 1 atom stereocenters. The maximum atomic E-state index is 9.67. The first-order valence-corrected chi connectivity index (χ1v) is 6.48. The quantitative estimate of drug-likeness (QED) is 0.638. The van der Waals surface area contributed by atoms with Crippen LogP contribution >= 0.6 is 11.8 Å². The number of hydrogen-bond acceptors (Lipinski definition) is 3. The number of rotatable bonds is 8. The summed E-state index contributed by atoms with van der Waals surface area (Å²) >= 11 is 1.88. The second-order valence-electron chi connectivity index (χ2n) is 4.14. The van der Waals surface area contributed by atoms with Crippen LogP contribution in [0.4, 0.5) is 0 Å². The van der Waals surface area contributed by atoms with Crippen LogP contribution in [0.1, 0.15) is 40.0 Å². The summed E-state index contributed by atoms with van der Waals surface area (Å²) in [4.78, 5) is 0. The molecule has 0 rings (SSSR count). The lowest BCUT2D eigenvalue weighted by atomic mass is 9.99. The van der Waals surface area contributed by atoms with Gasteiger partial charge in [-0.05, 0) is 44.6 Å². The van der Waals surface area contributed by atoms with Crippen LogP contribution in [-0.2, 0) is 4.74 Å². The summed E-state index contributed by atoms with van der Waals surface area (Å²) in [6.45, 7) is 6.26. The molecule has 0 spiro atoms. The molecule has 0 bridgehead atoms. The molecule has 0 aliphatic rings. The van der Waals surface area contributed by atoms with E-state index in [1.165, 1.54) is 0 Å². The van der Waals surface area contributed by atoms with E-state index in [0.29, 0.717) is 0 Å². The van der Waals surface area contributed by atoms with Crippen molar-refractivity contribution in [3.05, 3.63) is 0 Å². The van der Waals surface area contributed by atoms with Crippen molar-refractivity contribution in [3.8, 4) is 0 Å². The molecule has 0 saturated carbocycles. The molecule has 3 heteroatoms. The molecular weight excluding hydrogens is 196 g/mol. The number of hydrogen-bond donors (Lipinski definition) is 1. The van der Waals surface area contributed by atoms with Crippen molar-refractivity contribution in [2.45, 2.75) is 51.7 Å². The Bertz CT molecular complexity index is 137. The second kappa shape index (κ2) is 7.55. The van der Waals surface area contributed by atoms with Crippen molar-refractivity contribution in [1.82, 2.24) is 0 Å². The average molecular weight is 220 g/mol. The van der Waals surface area contributed by atoms with Gasteiger partial charge < -0.3 is 9.84 Å². The minimum Gasteiger partial charge on any atom is -0.393 e. The molecule has 0 fully saturated rings. The summed E-state index contributed by atoms with van der Waals surface area (Å²) in [5.74, 6) is 2.20. The van der Waals surface area contributed by atoms with Crippen molar-refractivity contribution in [3.63, 3.8) is 0 Å². The summed E-state index contributed by atoms with van der Waals surface area (Å²) in [6.07, 6.45) is 2.49. The van der Waals surface area contributed by atoms with Crippen molar-refractivity contribution in [2.75, 3.05) is 18.6 Å². The van der Waals surface area contributed by atoms with Crippen molar-refractivity contribution in [1.29, 1.82) is 0 Å². The molecule has 0 radical (unpaired) electrons. The first kappa shape index (κ1) is 14.3. The van der Waals surface area contributed by atoms with Gasteiger partial charge in [-0.25, -0.2) is 0 Å². The monoisotopic (exact) mass is 220 g/mol. The van der Waals surface area contributed by atoms with E-state index in [9.17, 15) is 5.11 Å². The predicted octanol–water partition coefficient (Wildman–Crippen LogP) is 2.70. The zero-order valence-electron chi connectivity index (χ0n) is 9.88. The van der Waals surface area contributed by atoms with E-state index < -0.39 is 0 Å². The zero-order valence-corrected chi connectivity index (χ0v) is 10.7. The SMILES string of the molecule is CCSCCC(O)CCC(C)(C)OC. The molecule has 1 N–H and O–H groups in total. The van der Waals surface area contributed by atoms with E-state index in [1.54, 1.807) is 7.11 Å². The molecule has 0 aliphatic carbocycles. The maximum absolute atomic E-state index is 9.67. The van der Waals surface area contributed by atoms with E-state index in [2.05, 4.69) is 20.8 Å².